The van der Waals surface area contributed by atoms with E-state index in [1.54, 1.807) is 22.2 Å². The van der Waals surface area contributed by atoms with Crippen molar-refractivity contribution in [2.24, 2.45) is 4.99 Å². The Morgan fingerprint density at radius 2 is 2.00 bits per heavy atom. The molecule has 0 saturated heterocycles. The molecule has 0 unspecified atom stereocenters. The molecule has 8 heteroatoms. The van der Waals surface area contributed by atoms with Gasteiger partial charge in [-0.2, -0.15) is 10.1 Å². The molecule has 1 aromatic carbocycles. The van der Waals surface area contributed by atoms with E-state index in [1.807, 2.05) is 26.0 Å². The van der Waals surface area contributed by atoms with Crippen molar-refractivity contribution in [2.45, 2.75) is 53.6 Å². The highest BCUT2D eigenvalue weighted by molar-refractivity contribution is 7.16. The SMILES string of the molecule is CCOC(=O)Cn1c(=NC(=O)c2cc(C)n(CC)n2)sc2cc(C(C)C)ccc21. The summed E-state index contributed by atoms with van der Waals surface area (Å²) in [4.78, 5) is 29.7. The van der Waals surface area contributed by atoms with Crippen molar-refractivity contribution in [1.29, 1.82) is 0 Å². The lowest BCUT2D eigenvalue weighted by Crippen LogP contribution is -2.23. The average molecular weight is 415 g/mol. The van der Waals surface area contributed by atoms with Gasteiger partial charge in [-0.3, -0.25) is 14.3 Å². The van der Waals surface area contributed by atoms with E-state index < -0.39 is 5.91 Å². The predicted molar refractivity (Wildman–Crippen MR) is 113 cm³/mol. The van der Waals surface area contributed by atoms with Gasteiger partial charge in [0.05, 0.1) is 16.8 Å². The number of hydrogen-bond donors (Lipinski definition) is 0. The second-order valence-electron chi connectivity index (χ2n) is 7.06. The van der Waals surface area contributed by atoms with Crippen LogP contribution in [0.25, 0.3) is 10.2 Å². The van der Waals surface area contributed by atoms with Crippen molar-refractivity contribution in [2.75, 3.05) is 6.61 Å². The molecule has 0 spiro atoms. The summed E-state index contributed by atoms with van der Waals surface area (Å²) in [6, 6.07) is 7.83. The standard InChI is InChI=1S/C21H26N4O3S/c1-6-25-14(5)10-16(23-25)20(27)22-21-24(12-19(26)28-7-2)17-9-8-15(13(3)4)11-18(17)29-21/h8-11,13H,6-7,12H2,1-5H3. The molecule has 3 aromatic rings. The van der Waals surface area contributed by atoms with E-state index in [4.69, 9.17) is 4.74 Å². The highest BCUT2D eigenvalue weighted by atomic mass is 32.1. The van der Waals surface area contributed by atoms with Crippen LogP contribution in [-0.2, 0) is 22.6 Å². The Bertz CT molecular complexity index is 1120. The molecule has 7 nitrogen and oxygen atoms in total. The summed E-state index contributed by atoms with van der Waals surface area (Å²) >= 11 is 1.39. The van der Waals surface area contributed by atoms with Crippen LogP contribution in [0.4, 0.5) is 0 Å². The maximum absolute atomic E-state index is 12.7. The molecule has 1 amide bonds. The number of ether oxygens (including phenoxy) is 1. The number of carbonyl (C=O) groups excluding carboxylic acids is 2. The largest absolute Gasteiger partial charge is 0.465 e. The lowest BCUT2D eigenvalue weighted by Gasteiger charge is -2.07. The molecular weight excluding hydrogens is 388 g/mol. The Hall–Kier alpha value is -2.74. The van der Waals surface area contributed by atoms with Crippen LogP contribution in [0, 0.1) is 6.92 Å². The van der Waals surface area contributed by atoms with E-state index in [2.05, 4.69) is 30.0 Å². The first-order chi connectivity index (χ1) is 13.8. The molecule has 2 aromatic heterocycles. The Balaban J connectivity index is 2.11. The quantitative estimate of drug-likeness (QED) is 0.577. The van der Waals surface area contributed by atoms with Gasteiger partial charge in [-0.1, -0.05) is 31.3 Å². The number of rotatable bonds is 6. The van der Waals surface area contributed by atoms with Gasteiger partial charge in [0.2, 0.25) is 0 Å². The van der Waals surface area contributed by atoms with Gasteiger partial charge in [0.15, 0.2) is 10.5 Å². The Morgan fingerprint density at radius 3 is 2.62 bits per heavy atom. The van der Waals surface area contributed by atoms with Gasteiger partial charge < -0.3 is 9.30 Å². The third kappa shape index (κ3) is 4.48. The Labute approximate surface area is 173 Å². The third-order valence-corrected chi connectivity index (χ3v) is 5.70. The number of esters is 1. The zero-order valence-electron chi connectivity index (χ0n) is 17.4. The molecule has 0 saturated carbocycles. The number of aryl methyl sites for hydroxylation is 2. The first kappa shape index (κ1) is 21.0. The van der Waals surface area contributed by atoms with E-state index >= 15 is 0 Å². The summed E-state index contributed by atoms with van der Waals surface area (Å²) < 4.78 is 9.58. The number of benzene rings is 1. The molecule has 0 radical (unpaired) electrons. The average Bonchev–Trinajstić information content (AvgIpc) is 3.21. The number of amides is 1. The summed E-state index contributed by atoms with van der Waals surface area (Å²) in [7, 11) is 0. The molecule has 0 aliphatic carbocycles. The molecule has 0 atom stereocenters. The molecule has 29 heavy (non-hydrogen) atoms. The Morgan fingerprint density at radius 1 is 1.24 bits per heavy atom. The fourth-order valence-electron chi connectivity index (χ4n) is 3.10. The van der Waals surface area contributed by atoms with Gasteiger partial charge in [-0.15, -0.1) is 0 Å². The van der Waals surface area contributed by atoms with Crippen molar-refractivity contribution in [1.82, 2.24) is 14.3 Å². The van der Waals surface area contributed by atoms with Crippen LogP contribution in [-0.4, -0.2) is 32.8 Å². The molecule has 0 aliphatic rings. The van der Waals surface area contributed by atoms with Crippen LogP contribution in [0.15, 0.2) is 29.3 Å². The minimum atomic E-state index is -0.423. The summed E-state index contributed by atoms with van der Waals surface area (Å²) in [5.74, 6) is -0.406. The molecule has 3 rings (SSSR count). The third-order valence-electron chi connectivity index (χ3n) is 4.66. The van der Waals surface area contributed by atoms with Gasteiger partial charge in [0.25, 0.3) is 5.91 Å². The minimum Gasteiger partial charge on any atom is -0.465 e. The lowest BCUT2D eigenvalue weighted by atomic mass is 10.0. The van der Waals surface area contributed by atoms with E-state index in [9.17, 15) is 9.59 Å². The lowest BCUT2D eigenvalue weighted by molar-refractivity contribution is -0.143. The van der Waals surface area contributed by atoms with Crippen molar-refractivity contribution in [3.8, 4) is 0 Å². The molecule has 0 bridgehead atoms. The monoisotopic (exact) mass is 414 g/mol. The van der Waals surface area contributed by atoms with E-state index in [-0.39, 0.29) is 12.5 Å². The summed E-state index contributed by atoms with van der Waals surface area (Å²) in [5.41, 5.74) is 3.25. The van der Waals surface area contributed by atoms with Crippen molar-refractivity contribution >= 4 is 33.4 Å². The fourth-order valence-corrected chi connectivity index (χ4v) is 4.18. The van der Waals surface area contributed by atoms with Crippen LogP contribution >= 0.6 is 11.3 Å². The smallest absolute Gasteiger partial charge is 0.326 e. The van der Waals surface area contributed by atoms with Crippen LogP contribution in [0.1, 0.15) is 55.4 Å². The zero-order chi connectivity index (χ0) is 21.1. The summed E-state index contributed by atoms with van der Waals surface area (Å²) in [6.07, 6.45) is 0. The highest BCUT2D eigenvalue weighted by Crippen LogP contribution is 2.23. The maximum atomic E-state index is 12.7. The van der Waals surface area contributed by atoms with E-state index in [0.717, 1.165) is 15.9 Å². The minimum absolute atomic E-state index is 0.00338. The van der Waals surface area contributed by atoms with Crippen LogP contribution < -0.4 is 4.80 Å². The predicted octanol–water partition coefficient (Wildman–Crippen LogP) is 3.66. The van der Waals surface area contributed by atoms with Gasteiger partial charge in [-0.25, -0.2) is 0 Å². The van der Waals surface area contributed by atoms with Crippen molar-refractivity contribution < 1.29 is 14.3 Å². The molecule has 2 heterocycles. The molecule has 0 aliphatic heterocycles. The summed E-state index contributed by atoms with van der Waals surface area (Å²) in [5, 5.41) is 4.31. The first-order valence-corrected chi connectivity index (χ1v) is 10.6. The number of aromatic nitrogens is 3. The van der Waals surface area contributed by atoms with Crippen LogP contribution in [0.3, 0.4) is 0 Å². The zero-order valence-corrected chi connectivity index (χ0v) is 18.2. The second kappa shape index (κ2) is 8.73. The highest BCUT2D eigenvalue weighted by Gasteiger charge is 2.15. The summed E-state index contributed by atoms with van der Waals surface area (Å²) in [6.45, 7) is 10.9. The van der Waals surface area contributed by atoms with Gasteiger partial charge >= 0.3 is 5.97 Å². The van der Waals surface area contributed by atoms with Crippen molar-refractivity contribution in [3.05, 3.63) is 46.0 Å². The van der Waals surface area contributed by atoms with Gasteiger partial charge in [0.1, 0.15) is 6.54 Å². The molecule has 154 valence electrons. The molecule has 0 fully saturated rings. The number of hydrogen-bond acceptors (Lipinski definition) is 5. The van der Waals surface area contributed by atoms with Crippen LogP contribution in [0.2, 0.25) is 0 Å². The first-order valence-electron chi connectivity index (χ1n) is 9.76. The van der Waals surface area contributed by atoms with Gasteiger partial charge in [0, 0.05) is 12.2 Å². The van der Waals surface area contributed by atoms with E-state index in [0.29, 0.717) is 29.6 Å². The van der Waals surface area contributed by atoms with Gasteiger partial charge in [-0.05, 0) is 50.5 Å². The normalized spacial score (nSPS) is 12.1. The Kier molecular flexibility index (Phi) is 6.32. The molecular formula is C21H26N4O3S. The number of carbonyl (C=O) groups is 2. The second-order valence-corrected chi connectivity index (χ2v) is 8.07. The van der Waals surface area contributed by atoms with Crippen LogP contribution in [0.5, 0.6) is 0 Å². The number of nitrogens with zero attached hydrogens (tertiary/aromatic N) is 4. The molecule has 0 N–H and O–H groups in total. The topological polar surface area (TPSA) is 78.5 Å². The van der Waals surface area contributed by atoms with Crippen molar-refractivity contribution in [3.63, 3.8) is 0 Å². The number of thiazole rings is 1. The maximum Gasteiger partial charge on any atom is 0.326 e. The van der Waals surface area contributed by atoms with E-state index in [1.165, 1.54) is 16.9 Å². The number of fused-ring (bicyclic) bond motifs is 1. The fraction of sp³-hybridized carbons (Fsp3) is 0.429.